The Bertz CT molecular complexity index is 1260. The van der Waals surface area contributed by atoms with E-state index in [1.165, 1.54) is 13.2 Å². The first kappa shape index (κ1) is 22.9. The minimum absolute atomic E-state index is 0.104. The Morgan fingerprint density at radius 1 is 0.941 bits per heavy atom. The molecule has 0 N–H and O–H groups in total. The van der Waals surface area contributed by atoms with Crippen LogP contribution in [-0.4, -0.2) is 32.1 Å². The van der Waals surface area contributed by atoms with Gasteiger partial charge in [0.15, 0.2) is 17.3 Å². The predicted octanol–water partition coefficient (Wildman–Crippen LogP) is 5.33. The maximum absolute atomic E-state index is 13.0. The Balaban J connectivity index is 1.70. The first-order valence-corrected chi connectivity index (χ1v) is 10.9. The van der Waals surface area contributed by atoms with Gasteiger partial charge in [-0.1, -0.05) is 24.3 Å². The third kappa shape index (κ3) is 4.59. The summed E-state index contributed by atoms with van der Waals surface area (Å²) < 4.78 is 28.0. The van der Waals surface area contributed by atoms with Crippen LogP contribution >= 0.6 is 0 Å². The van der Waals surface area contributed by atoms with Crippen LogP contribution in [0.1, 0.15) is 40.1 Å². The van der Waals surface area contributed by atoms with E-state index in [0.29, 0.717) is 47.3 Å². The maximum Gasteiger partial charge on any atom is 0.347 e. The van der Waals surface area contributed by atoms with Crippen LogP contribution in [0.2, 0.25) is 0 Å². The van der Waals surface area contributed by atoms with Gasteiger partial charge < -0.3 is 23.7 Å². The first-order chi connectivity index (χ1) is 16.5. The van der Waals surface area contributed by atoms with Crippen molar-refractivity contribution in [3.8, 4) is 28.7 Å². The van der Waals surface area contributed by atoms with Gasteiger partial charge in [-0.05, 0) is 50.3 Å². The van der Waals surface area contributed by atoms with E-state index < -0.39 is 5.97 Å². The minimum Gasteiger partial charge on any atom is -0.496 e. The van der Waals surface area contributed by atoms with Gasteiger partial charge in [-0.3, -0.25) is 4.79 Å². The van der Waals surface area contributed by atoms with Crippen molar-refractivity contribution in [2.45, 2.75) is 13.8 Å². The Morgan fingerprint density at radius 3 is 2.47 bits per heavy atom. The van der Waals surface area contributed by atoms with E-state index in [1.807, 2.05) is 13.8 Å². The number of Topliss-reactive ketones (excluding diaryl/α,β-unsaturated/α-hetero) is 1. The lowest BCUT2D eigenvalue weighted by molar-refractivity contribution is 0.0724. The number of methoxy groups -OCH3 is 1. The number of esters is 1. The van der Waals surface area contributed by atoms with Crippen LogP contribution in [0.25, 0.3) is 6.08 Å². The number of ether oxygens (including phenoxy) is 5. The molecule has 7 nitrogen and oxygen atoms in total. The lowest BCUT2D eigenvalue weighted by Gasteiger charge is -2.14. The van der Waals surface area contributed by atoms with Crippen molar-refractivity contribution in [3.63, 3.8) is 0 Å². The second-order valence-corrected chi connectivity index (χ2v) is 7.23. The third-order valence-corrected chi connectivity index (χ3v) is 5.07. The normalized spacial score (nSPS) is 13.3. The number of ketones is 1. The van der Waals surface area contributed by atoms with Crippen LogP contribution in [0.15, 0.2) is 66.4 Å². The highest BCUT2D eigenvalue weighted by Gasteiger charge is 2.29. The summed E-state index contributed by atoms with van der Waals surface area (Å²) in [6.07, 6.45) is 1.54. The molecule has 1 heterocycles. The topological polar surface area (TPSA) is 80.3 Å². The van der Waals surface area contributed by atoms with Crippen LogP contribution in [0.3, 0.4) is 0 Å². The standard InChI is InChI=1S/C27H24O7/c1-4-31-18-13-14-19-23(16-18)33-24(25(19)28)15-17-9-8-12-22(32-5-2)26(17)34-27(29)20-10-6-7-11-21(20)30-3/h6-16H,4-5H2,1-3H3/b24-15-. The molecule has 0 atom stereocenters. The van der Waals surface area contributed by atoms with Gasteiger partial charge in [0.25, 0.3) is 0 Å². The fraction of sp³-hybridized carbons (Fsp3) is 0.185. The fourth-order valence-corrected chi connectivity index (χ4v) is 3.55. The van der Waals surface area contributed by atoms with Gasteiger partial charge in [-0.2, -0.15) is 0 Å². The summed E-state index contributed by atoms with van der Waals surface area (Å²) in [5.41, 5.74) is 1.15. The summed E-state index contributed by atoms with van der Waals surface area (Å²) in [5, 5.41) is 0. The van der Waals surface area contributed by atoms with Crippen LogP contribution < -0.4 is 23.7 Å². The van der Waals surface area contributed by atoms with Gasteiger partial charge in [0.2, 0.25) is 5.78 Å². The molecule has 0 radical (unpaired) electrons. The first-order valence-electron chi connectivity index (χ1n) is 10.9. The lowest BCUT2D eigenvalue weighted by Crippen LogP contribution is -2.12. The molecule has 174 valence electrons. The number of carbonyl (C=O) groups excluding carboxylic acids is 2. The third-order valence-electron chi connectivity index (χ3n) is 5.07. The molecule has 0 bridgehead atoms. The number of hydrogen-bond acceptors (Lipinski definition) is 7. The van der Waals surface area contributed by atoms with E-state index in [4.69, 9.17) is 23.7 Å². The van der Waals surface area contributed by atoms with Crippen molar-refractivity contribution in [2.75, 3.05) is 20.3 Å². The summed E-state index contributed by atoms with van der Waals surface area (Å²) in [6.45, 7) is 4.57. The maximum atomic E-state index is 13.0. The molecular weight excluding hydrogens is 436 g/mol. The van der Waals surface area contributed by atoms with Crippen LogP contribution in [0.4, 0.5) is 0 Å². The van der Waals surface area contributed by atoms with Crippen LogP contribution in [-0.2, 0) is 0 Å². The SMILES string of the molecule is CCOc1ccc2c(c1)O/C(=C\c1cccc(OCC)c1OC(=O)c1ccccc1OC)C2=O. The minimum atomic E-state index is -0.618. The van der Waals surface area contributed by atoms with Gasteiger partial charge in [0, 0.05) is 11.6 Å². The van der Waals surface area contributed by atoms with E-state index in [-0.39, 0.29) is 22.9 Å². The number of hydrogen-bond donors (Lipinski definition) is 0. The summed E-state index contributed by atoms with van der Waals surface area (Å²) in [7, 11) is 1.48. The smallest absolute Gasteiger partial charge is 0.347 e. The quantitative estimate of drug-likeness (QED) is 0.255. The van der Waals surface area contributed by atoms with E-state index >= 15 is 0 Å². The average molecular weight is 460 g/mol. The van der Waals surface area contributed by atoms with Crippen LogP contribution in [0.5, 0.6) is 28.7 Å². The molecule has 0 aliphatic carbocycles. The Morgan fingerprint density at radius 2 is 1.71 bits per heavy atom. The van der Waals surface area contributed by atoms with Crippen molar-refractivity contribution in [1.82, 2.24) is 0 Å². The van der Waals surface area contributed by atoms with Crippen molar-refractivity contribution in [3.05, 3.63) is 83.1 Å². The number of para-hydroxylation sites is 2. The number of carbonyl (C=O) groups is 2. The van der Waals surface area contributed by atoms with E-state index in [9.17, 15) is 9.59 Å². The van der Waals surface area contributed by atoms with Crippen molar-refractivity contribution >= 4 is 17.8 Å². The highest BCUT2D eigenvalue weighted by atomic mass is 16.6. The molecule has 1 aliphatic heterocycles. The van der Waals surface area contributed by atoms with Crippen molar-refractivity contribution in [1.29, 1.82) is 0 Å². The Hall–Kier alpha value is -4.26. The monoisotopic (exact) mass is 460 g/mol. The molecule has 3 aromatic rings. The highest BCUT2D eigenvalue weighted by Crippen LogP contribution is 2.38. The van der Waals surface area contributed by atoms with Crippen molar-refractivity contribution < 1.29 is 33.3 Å². The van der Waals surface area contributed by atoms with Crippen LogP contribution in [0, 0.1) is 0 Å². The zero-order valence-electron chi connectivity index (χ0n) is 19.1. The van der Waals surface area contributed by atoms with Gasteiger partial charge in [0.1, 0.15) is 22.8 Å². The number of rotatable bonds is 8. The van der Waals surface area contributed by atoms with Gasteiger partial charge in [-0.15, -0.1) is 0 Å². The molecule has 0 fully saturated rings. The molecule has 4 rings (SSSR count). The second kappa shape index (κ2) is 10.1. The van der Waals surface area contributed by atoms with Crippen molar-refractivity contribution in [2.24, 2.45) is 0 Å². The summed E-state index contributed by atoms with van der Waals surface area (Å²) in [6, 6.07) is 17.0. The van der Waals surface area contributed by atoms with Gasteiger partial charge in [0.05, 0.1) is 25.9 Å². The Kier molecular flexibility index (Phi) is 6.82. The highest BCUT2D eigenvalue weighted by molar-refractivity contribution is 6.14. The number of fused-ring (bicyclic) bond motifs is 1. The van der Waals surface area contributed by atoms with Gasteiger partial charge >= 0.3 is 5.97 Å². The molecule has 0 saturated carbocycles. The zero-order valence-corrected chi connectivity index (χ0v) is 19.1. The average Bonchev–Trinajstić information content (AvgIpc) is 3.15. The fourth-order valence-electron chi connectivity index (χ4n) is 3.55. The lowest BCUT2D eigenvalue weighted by atomic mass is 10.1. The number of benzene rings is 3. The summed E-state index contributed by atoms with van der Waals surface area (Å²) in [4.78, 5) is 25.9. The molecule has 0 amide bonds. The van der Waals surface area contributed by atoms with E-state index in [2.05, 4.69) is 0 Å². The Labute approximate surface area is 197 Å². The molecule has 3 aromatic carbocycles. The molecule has 34 heavy (non-hydrogen) atoms. The summed E-state index contributed by atoms with van der Waals surface area (Å²) in [5.74, 6) is 1.16. The molecule has 7 heteroatoms. The van der Waals surface area contributed by atoms with E-state index in [1.54, 1.807) is 60.7 Å². The van der Waals surface area contributed by atoms with Gasteiger partial charge in [-0.25, -0.2) is 4.79 Å². The molecule has 0 saturated heterocycles. The molecule has 1 aliphatic rings. The number of allylic oxidation sites excluding steroid dienone is 1. The summed E-state index contributed by atoms with van der Waals surface area (Å²) >= 11 is 0. The zero-order chi connectivity index (χ0) is 24.1. The molecule has 0 aromatic heterocycles. The molecular formula is C27H24O7. The van der Waals surface area contributed by atoms with E-state index in [0.717, 1.165) is 0 Å². The molecule has 0 unspecified atom stereocenters. The predicted molar refractivity (Wildman–Crippen MR) is 126 cm³/mol. The largest absolute Gasteiger partial charge is 0.496 e. The second-order valence-electron chi connectivity index (χ2n) is 7.23. The molecule has 0 spiro atoms.